The van der Waals surface area contributed by atoms with Gasteiger partial charge in [-0.25, -0.2) is 4.98 Å². The van der Waals surface area contributed by atoms with Crippen molar-refractivity contribution in [2.24, 2.45) is 0 Å². The first-order valence-electron chi connectivity index (χ1n) is 7.65. The summed E-state index contributed by atoms with van der Waals surface area (Å²) in [6.45, 7) is 6.22. The Morgan fingerprint density at radius 2 is 2.28 bits per heavy atom. The van der Waals surface area contributed by atoms with Gasteiger partial charge in [-0.2, -0.15) is 5.10 Å². The number of aryl methyl sites for hydroxylation is 1. The molecule has 2 heterocycles. The van der Waals surface area contributed by atoms with Crippen LogP contribution in [0.1, 0.15) is 27.4 Å². The third-order valence-corrected chi connectivity index (χ3v) is 4.77. The minimum Gasteiger partial charge on any atom is -0.300 e. The van der Waals surface area contributed by atoms with E-state index in [2.05, 4.69) is 27.1 Å². The van der Waals surface area contributed by atoms with E-state index in [-0.39, 0.29) is 5.91 Å². The summed E-state index contributed by atoms with van der Waals surface area (Å²) in [5, 5.41) is 12.3. The predicted molar refractivity (Wildman–Crippen MR) is 102 cm³/mol. The second kappa shape index (κ2) is 7.54. The third-order valence-electron chi connectivity index (χ3n) is 3.65. The molecule has 0 aliphatic carbocycles. The van der Waals surface area contributed by atoms with E-state index in [9.17, 15) is 4.79 Å². The van der Waals surface area contributed by atoms with Crippen molar-refractivity contribution in [3.63, 3.8) is 0 Å². The van der Waals surface area contributed by atoms with Crippen molar-refractivity contribution in [2.75, 3.05) is 5.32 Å². The first kappa shape index (κ1) is 17.2. The van der Waals surface area contributed by atoms with E-state index in [1.165, 1.54) is 11.3 Å². The summed E-state index contributed by atoms with van der Waals surface area (Å²) in [7, 11) is 0. The van der Waals surface area contributed by atoms with Gasteiger partial charge in [0.15, 0.2) is 9.90 Å². The largest absolute Gasteiger partial charge is 0.300 e. The summed E-state index contributed by atoms with van der Waals surface area (Å²) in [6.07, 6.45) is 2.29. The van der Waals surface area contributed by atoms with Gasteiger partial charge in [-0.15, -0.1) is 17.9 Å². The summed E-state index contributed by atoms with van der Waals surface area (Å²) in [4.78, 5) is 16.8. The van der Waals surface area contributed by atoms with Crippen LogP contribution in [0.4, 0.5) is 5.13 Å². The molecule has 0 unspecified atom stereocenters. The van der Waals surface area contributed by atoms with Crippen LogP contribution in [0.5, 0.6) is 0 Å². The second-order valence-corrected chi connectivity index (χ2v) is 6.68. The number of nitrogens with one attached hydrogen (secondary N) is 2. The fourth-order valence-corrected chi connectivity index (χ4v) is 3.33. The number of carbonyl (C=O) groups excluding carboxylic acids is 1. The van der Waals surface area contributed by atoms with Crippen molar-refractivity contribution in [2.45, 2.75) is 19.9 Å². The molecule has 0 fully saturated rings. The molecule has 6 nitrogen and oxygen atoms in total. The maximum atomic E-state index is 12.4. The SMILES string of the molecule is C=CCn1c(Cc2csc(NC(=O)c3ccccc3C)n2)n[nH]c1=S. The average Bonchev–Trinajstić information content (AvgIpc) is 3.17. The molecule has 3 rings (SSSR count). The van der Waals surface area contributed by atoms with E-state index in [1.54, 1.807) is 12.1 Å². The van der Waals surface area contributed by atoms with E-state index >= 15 is 0 Å². The van der Waals surface area contributed by atoms with Crippen molar-refractivity contribution in [1.29, 1.82) is 0 Å². The Balaban J connectivity index is 1.73. The normalized spacial score (nSPS) is 10.6. The number of rotatable bonds is 6. The van der Waals surface area contributed by atoms with Crippen LogP contribution in [0.3, 0.4) is 0 Å². The van der Waals surface area contributed by atoms with Crippen LogP contribution in [-0.4, -0.2) is 25.7 Å². The lowest BCUT2D eigenvalue weighted by Gasteiger charge is -2.04. The maximum Gasteiger partial charge on any atom is 0.257 e. The fraction of sp³-hybridized carbons (Fsp3) is 0.176. The molecule has 0 spiro atoms. The standard InChI is InChI=1S/C17H17N5OS2/c1-3-8-22-14(20-21-17(22)24)9-12-10-25-16(18-12)19-15(23)13-7-5-4-6-11(13)2/h3-7,10H,1,8-9H2,2H3,(H,21,24)(H,18,19,23). The molecule has 128 valence electrons. The zero-order valence-corrected chi connectivity index (χ0v) is 15.3. The maximum absolute atomic E-state index is 12.4. The molecule has 0 atom stereocenters. The number of H-pyrrole nitrogens is 1. The molecule has 1 amide bonds. The zero-order chi connectivity index (χ0) is 17.8. The highest BCUT2D eigenvalue weighted by Crippen LogP contribution is 2.19. The lowest BCUT2D eigenvalue weighted by molar-refractivity contribution is 0.102. The molecule has 25 heavy (non-hydrogen) atoms. The van der Waals surface area contributed by atoms with Crippen molar-refractivity contribution in [3.05, 3.63) is 69.7 Å². The first-order valence-corrected chi connectivity index (χ1v) is 8.93. The topological polar surface area (TPSA) is 75.6 Å². The van der Waals surface area contributed by atoms with Gasteiger partial charge in [-0.3, -0.25) is 19.8 Å². The molecule has 0 radical (unpaired) electrons. The number of amides is 1. The molecular weight excluding hydrogens is 354 g/mol. The Hall–Kier alpha value is -2.58. The van der Waals surface area contributed by atoms with Crippen molar-refractivity contribution < 1.29 is 4.79 Å². The monoisotopic (exact) mass is 371 g/mol. The van der Waals surface area contributed by atoms with Gasteiger partial charge in [0.1, 0.15) is 5.82 Å². The Labute approximate surface area is 154 Å². The fourth-order valence-electron chi connectivity index (χ4n) is 2.40. The highest BCUT2D eigenvalue weighted by atomic mass is 32.1. The Bertz CT molecular complexity index is 969. The summed E-state index contributed by atoms with van der Waals surface area (Å²) < 4.78 is 2.42. The number of anilines is 1. The predicted octanol–water partition coefficient (Wildman–Crippen LogP) is 3.73. The van der Waals surface area contributed by atoms with Crippen molar-refractivity contribution in [3.8, 4) is 0 Å². The number of aromatic nitrogens is 4. The number of benzene rings is 1. The lowest BCUT2D eigenvalue weighted by atomic mass is 10.1. The number of thiazole rings is 1. The van der Waals surface area contributed by atoms with Crippen molar-refractivity contribution >= 4 is 34.6 Å². The molecule has 1 aromatic carbocycles. The molecule has 2 N–H and O–H groups in total. The minimum absolute atomic E-state index is 0.159. The van der Waals surface area contributed by atoms with E-state index < -0.39 is 0 Å². The van der Waals surface area contributed by atoms with Crippen molar-refractivity contribution in [1.82, 2.24) is 19.7 Å². The van der Waals surface area contributed by atoms with Crippen LogP contribution in [0.2, 0.25) is 0 Å². The van der Waals surface area contributed by atoms with Crippen LogP contribution < -0.4 is 5.32 Å². The van der Waals surface area contributed by atoms with E-state index in [4.69, 9.17) is 12.2 Å². The van der Waals surface area contributed by atoms with Gasteiger partial charge in [0.25, 0.3) is 5.91 Å². The number of allylic oxidation sites excluding steroid dienone is 1. The average molecular weight is 371 g/mol. The molecule has 0 aliphatic rings. The Morgan fingerprint density at radius 3 is 3.04 bits per heavy atom. The van der Waals surface area contributed by atoms with E-state index in [1.807, 2.05) is 35.1 Å². The quantitative estimate of drug-likeness (QED) is 0.511. The number of aromatic amines is 1. The van der Waals surface area contributed by atoms with Gasteiger partial charge in [0, 0.05) is 17.5 Å². The number of carbonyl (C=O) groups is 1. The van der Waals surface area contributed by atoms with Gasteiger partial charge in [-0.1, -0.05) is 24.3 Å². The van der Waals surface area contributed by atoms with E-state index in [0.717, 1.165) is 17.1 Å². The van der Waals surface area contributed by atoms with Crippen LogP contribution in [0.15, 0.2) is 42.3 Å². The minimum atomic E-state index is -0.159. The molecule has 0 saturated heterocycles. The van der Waals surface area contributed by atoms with Gasteiger partial charge in [0.05, 0.1) is 12.1 Å². The second-order valence-electron chi connectivity index (χ2n) is 5.43. The Kier molecular flexibility index (Phi) is 5.20. The summed E-state index contributed by atoms with van der Waals surface area (Å²) >= 11 is 6.59. The molecular formula is C17H17N5OS2. The van der Waals surface area contributed by atoms with Crippen LogP contribution in [-0.2, 0) is 13.0 Å². The van der Waals surface area contributed by atoms with Gasteiger partial charge in [0.2, 0.25) is 0 Å². The number of hydrogen-bond donors (Lipinski definition) is 2. The van der Waals surface area contributed by atoms with Gasteiger partial charge < -0.3 is 0 Å². The summed E-state index contributed by atoms with van der Waals surface area (Å²) in [6, 6.07) is 7.46. The summed E-state index contributed by atoms with van der Waals surface area (Å²) in [5.41, 5.74) is 2.40. The number of nitrogens with zero attached hydrogens (tertiary/aromatic N) is 3. The highest BCUT2D eigenvalue weighted by Gasteiger charge is 2.13. The van der Waals surface area contributed by atoms with Crippen LogP contribution in [0.25, 0.3) is 0 Å². The van der Waals surface area contributed by atoms with Crippen LogP contribution >= 0.6 is 23.6 Å². The van der Waals surface area contributed by atoms with Gasteiger partial charge in [-0.05, 0) is 30.8 Å². The molecule has 2 aromatic heterocycles. The van der Waals surface area contributed by atoms with Crippen LogP contribution in [0, 0.1) is 11.7 Å². The van der Waals surface area contributed by atoms with Gasteiger partial charge >= 0.3 is 0 Å². The Morgan fingerprint density at radius 1 is 1.48 bits per heavy atom. The molecule has 0 saturated carbocycles. The third kappa shape index (κ3) is 3.92. The smallest absolute Gasteiger partial charge is 0.257 e. The highest BCUT2D eigenvalue weighted by molar-refractivity contribution is 7.71. The summed E-state index contributed by atoms with van der Waals surface area (Å²) in [5.74, 6) is 0.625. The lowest BCUT2D eigenvalue weighted by Crippen LogP contribution is -2.13. The molecule has 3 aromatic rings. The molecule has 0 aliphatic heterocycles. The number of hydrogen-bond acceptors (Lipinski definition) is 5. The zero-order valence-electron chi connectivity index (χ0n) is 13.7. The van der Waals surface area contributed by atoms with E-state index in [0.29, 0.717) is 28.4 Å². The first-order chi connectivity index (χ1) is 12.1. The molecule has 8 heteroatoms. The molecule has 0 bridgehead atoms.